The van der Waals surface area contributed by atoms with E-state index < -0.39 is 48.5 Å². The van der Waals surface area contributed by atoms with E-state index in [4.69, 9.17) is 80.5 Å². The smallest absolute Gasteiger partial charge is 0.408 e. The number of ketones is 1. The van der Waals surface area contributed by atoms with Crippen molar-refractivity contribution >= 4 is 66.0 Å². The molecule has 0 saturated heterocycles. The maximum absolute atomic E-state index is 14.2. The van der Waals surface area contributed by atoms with E-state index >= 15 is 0 Å². The summed E-state index contributed by atoms with van der Waals surface area (Å²) in [5.74, 6) is -2.18. The molecule has 6 aromatic carbocycles. The number of amides is 10. The van der Waals surface area contributed by atoms with Gasteiger partial charge in [-0.2, -0.15) is 0 Å². The zero-order valence-corrected chi connectivity index (χ0v) is 84.9. The number of hydrogen-bond acceptors (Lipinski definition) is 28. The first-order chi connectivity index (χ1) is 71.6. The molecule has 10 amide bonds. The normalized spacial score (nSPS) is 11.8. The highest BCUT2D eigenvalue weighted by atomic mass is 16.6. The molecule has 6 aromatic rings. The molecule has 6 rings (SSSR count). The maximum atomic E-state index is 14.2. The minimum atomic E-state index is -0.986. The van der Waals surface area contributed by atoms with Gasteiger partial charge in [0, 0.05) is 116 Å². The van der Waals surface area contributed by atoms with Crippen molar-refractivity contribution in [1.29, 1.82) is 0 Å². The van der Waals surface area contributed by atoms with Gasteiger partial charge >= 0.3 is 36.6 Å². The summed E-state index contributed by atoms with van der Waals surface area (Å²) in [7, 11) is 0. The van der Waals surface area contributed by atoms with Crippen molar-refractivity contribution in [3.63, 3.8) is 0 Å². The summed E-state index contributed by atoms with van der Waals surface area (Å²) in [6.45, 7) is 11.4. The Morgan fingerprint density at radius 1 is 0.205 bits per heavy atom. The van der Waals surface area contributed by atoms with Crippen molar-refractivity contribution < 1.29 is 133 Å². The molecule has 0 aliphatic carbocycles. The van der Waals surface area contributed by atoms with Gasteiger partial charge in [-0.1, -0.05) is 195 Å². The van der Waals surface area contributed by atoms with E-state index in [0.29, 0.717) is 274 Å². The number of carbonyl (C=O) groups excluding carboxylic acids is 11. The Hall–Kier alpha value is -12.0. The van der Waals surface area contributed by atoms with E-state index in [-0.39, 0.29) is 140 Å². The lowest BCUT2D eigenvalue weighted by Crippen LogP contribution is -2.43. The highest BCUT2D eigenvalue weighted by molar-refractivity contribution is 5.91. The van der Waals surface area contributed by atoms with Gasteiger partial charge in [0.05, 0.1) is 125 Å². The van der Waals surface area contributed by atoms with Gasteiger partial charge in [0.25, 0.3) is 0 Å². The Morgan fingerprint density at radius 3 is 0.753 bits per heavy atom. The van der Waals surface area contributed by atoms with Crippen molar-refractivity contribution in [3.05, 3.63) is 215 Å². The molecule has 0 radical (unpaired) electrons. The molecule has 146 heavy (non-hydrogen) atoms. The lowest BCUT2D eigenvalue weighted by atomic mass is 9.91. The van der Waals surface area contributed by atoms with Crippen LogP contribution in [0.4, 0.5) is 28.8 Å². The standard InChI is InChI=1S/C108H158N10O28/c119-98(97(118-108(129)146-87-93-41-17-6-18-42-93)46-22-26-54-116-106(127)144-85-91-37-13-4-14-38-91)81-95(44-20-24-52-114-104(125)142-83-89-33-9-2-10-34-89)102(123)112-58-30-62-133-68-74-137-72-66-131-60-28-56-110-100(121)50-64-135-70-76-139-78-80-140-79-77-138-75-69-134-63-49-99(120)109-55-27-59-130-65-71-136-73-67-132-61-29-57-111-101(122)94(43-19-23-51-113-103(124)141-82-88-31-7-1-8-32-88)47-48-96(117-107(128)145-86-92-39-15-5-16-40-92)45-21-25-53-115-105(126)143-84-90-35-11-3-12-36-90/h1-18,31-42,94-97H,19-30,43-87H2,(H,109,120)(H,110,121)(H,111,122)(H,112,123)(H,113,124)(H,114,125)(H,115,126)(H,116,127)(H,117,128)(H,118,129)/t94-,95-,96+,97+/m1/s1. The molecule has 0 fully saturated rings. The third-order valence-corrected chi connectivity index (χ3v) is 22.3. The summed E-state index contributed by atoms with van der Waals surface area (Å²) >= 11 is 0. The van der Waals surface area contributed by atoms with Crippen LogP contribution in [0, 0.1) is 11.8 Å². The number of rotatable bonds is 88. The van der Waals surface area contributed by atoms with Crippen LogP contribution in [0.5, 0.6) is 0 Å². The molecule has 38 heteroatoms. The Morgan fingerprint density at radius 2 is 0.445 bits per heavy atom. The molecule has 0 saturated carbocycles. The Labute approximate surface area is 859 Å². The zero-order chi connectivity index (χ0) is 104. The Balaban J connectivity index is 0.688. The van der Waals surface area contributed by atoms with Crippen molar-refractivity contribution in [2.45, 2.75) is 187 Å². The monoisotopic (exact) mass is 2040 g/mol. The highest BCUT2D eigenvalue weighted by Gasteiger charge is 2.29. The van der Waals surface area contributed by atoms with Gasteiger partial charge < -0.3 is 134 Å². The SMILES string of the molecule is O=C(CCOCCOCCOCCOCCOCCC(=O)NCCCOCCOCCOCCCNC(=O)[C@H](CCCCNC(=O)OCc1ccccc1)CC(=O)[C@H](CCCCNC(=O)OCc1ccccc1)NC(=O)OCc1ccccc1)NCCCOCCOCCOCCCNC(=O)[C@H](CCCCNC(=O)OCc1ccccc1)CC[C@H](CCCCNC(=O)OCc1ccccc1)NC(=O)OCc1ccccc1. The van der Waals surface area contributed by atoms with Crippen molar-refractivity contribution in [1.82, 2.24) is 53.2 Å². The molecule has 0 unspecified atom stereocenters. The Kier molecular flexibility index (Phi) is 71.6. The second kappa shape index (κ2) is 85.2. The number of benzene rings is 6. The molecule has 0 bridgehead atoms. The summed E-state index contributed by atoms with van der Waals surface area (Å²) in [6.07, 6.45) is 6.22. The highest BCUT2D eigenvalue weighted by Crippen LogP contribution is 2.22. The van der Waals surface area contributed by atoms with E-state index in [1.807, 2.05) is 182 Å². The lowest BCUT2D eigenvalue weighted by molar-refractivity contribution is -0.130. The van der Waals surface area contributed by atoms with E-state index in [1.165, 1.54) is 0 Å². The van der Waals surface area contributed by atoms with Crippen LogP contribution in [0.1, 0.15) is 168 Å². The summed E-state index contributed by atoms with van der Waals surface area (Å²) in [6, 6.07) is 54.6. The van der Waals surface area contributed by atoms with Gasteiger partial charge in [-0.05, 0) is 136 Å². The van der Waals surface area contributed by atoms with Crippen LogP contribution in [-0.4, -0.2) is 276 Å². The largest absolute Gasteiger partial charge is 0.445 e. The second-order valence-electron chi connectivity index (χ2n) is 34.2. The fourth-order valence-corrected chi connectivity index (χ4v) is 14.3. The first kappa shape index (κ1) is 123. The van der Waals surface area contributed by atoms with Gasteiger partial charge in [-0.15, -0.1) is 0 Å². The molecule has 808 valence electrons. The number of ether oxygens (including phenoxy) is 17. The van der Waals surface area contributed by atoms with E-state index in [1.54, 1.807) is 0 Å². The molecule has 0 heterocycles. The van der Waals surface area contributed by atoms with Crippen LogP contribution < -0.4 is 53.2 Å². The fourth-order valence-electron chi connectivity index (χ4n) is 14.3. The maximum Gasteiger partial charge on any atom is 0.408 e. The van der Waals surface area contributed by atoms with Gasteiger partial charge in [0.1, 0.15) is 39.6 Å². The molecular formula is C108H158N10O28. The molecule has 4 atom stereocenters. The van der Waals surface area contributed by atoms with E-state index in [0.717, 1.165) is 33.4 Å². The van der Waals surface area contributed by atoms with Crippen molar-refractivity contribution in [3.8, 4) is 0 Å². The van der Waals surface area contributed by atoms with E-state index in [2.05, 4.69) is 53.2 Å². The van der Waals surface area contributed by atoms with Gasteiger partial charge in [0.15, 0.2) is 5.78 Å². The van der Waals surface area contributed by atoms with Crippen LogP contribution in [-0.2, 0) is 144 Å². The third-order valence-electron chi connectivity index (χ3n) is 22.3. The van der Waals surface area contributed by atoms with Crippen LogP contribution >= 0.6 is 0 Å². The van der Waals surface area contributed by atoms with Gasteiger partial charge in [-0.3, -0.25) is 24.0 Å². The second-order valence-corrected chi connectivity index (χ2v) is 34.2. The molecule has 38 nitrogen and oxygen atoms in total. The van der Waals surface area contributed by atoms with Crippen molar-refractivity contribution in [2.24, 2.45) is 11.8 Å². The van der Waals surface area contributed by atoms with Crippen LogP contribution in [0.15, 0.2) is 182 Å². The first-order valence-electron chi connectivity index (χ1n) is 51.3. The predicted molar refractivity (Wildman–Crippen MR) is 546 cm³/mol. The number of carbonyl (C=O) groups is 11. The van der Waals surface area contributed by atoms with Crippen LogP contribution in [0.2, 0.25) is 0 Å². The number of alkyl carbamates (subject to hydrolysis) is 6. The molecule has 0 aliphatic heterocycles. The number of nitrogens with one attached hydrogen (secondary N) is 10. The quantitative estimate of drug-likeness (QED) is 0.0125. The summed E-state index contributed by atoms with van der Waals surface area (Å²) in [5, 5.41) is 28.6. The molecule has 0 aliphatic rings. The molecular weight excluding hydrogens is 1890 g/mol. The summed E-state index contributed by atoms with van der Waals surface area (Å²) < 4.78 is 94.4. The molecule has 10 N–H and O–H groups in total. The van der Waals surface area contributed by atoms with Gasteiger partial charge in [-0.25, -0.2) is 28.8 Å². The fraction of sp³-hybridized carbons (Fsp3) is 0.565. The summed E-state index contributed by atoms with van der Waals surface area (Å²) in [5.41, 5.74) is 5.08. The average Bonchev–Trinajstić information content (AvgIpc) is 0.880. The molecule has 0 aromatic heterocycles. The average molecular weight is 2040 g/mol. The van der Waals surface area contributed by atoms with Crippen LogP contribution in [0.3, 0.4) is 0 Å². The summed E-state index contributed by atoms with van der Waals surface area (Å²) in [4.78, 5) is 142. The number of hydrogen-bond donors (Lipinski definition) is 10. The predicted octanol–water partition coefficient (Wildman–Crippen LogP) is 12.9. The lowest BCUT2D eigenvalue weighted by Gasteiger charge is -2.22. The van der Waals surface area contributed by atoms with Crippen molar-refractivity contribution in [2.75, 3.05) is 198 Å². The number of Topliss-reactive ketones (excluding diaryl/α,β-unsaturated/α-hetero) is 1. The molecule has 0 spiro atoms. The van der Waals surface area contributed by atoms with Gasteiger partial charge in [0.2, 0.25) is 23.6 Å². The minimum Gasteiger partial charge on any atom is -0.445 e. The van der Waals surface area contributed by atoms with Crippen LogP contribution in [0.25, 0.3) is 0 Å². The Bertz CT molecular complexity index is 4380. The first-order valence-corrected chi connectivity index (χ1v) is 51.3. The minimum absolute atomic E-state index is 0.0131. The topological polar surface area (TPSA) is 465 Å². The third kappa shape index (κ3) is 67.7. The number of unbranched alkanes of at least 4 members (excludes halogenated alkanes) is 4. The zero-order valence-electron chi connectivity index (χ0n) is 84.9. The van der Waals surface area contributed by atoms with E-state index in [9.17, 15) is 52.7 Å².